The summed E-state index contributed by atoms with van der Waals surface area (Å²) in [6.45, 7) is 2.09. The van der Waals surface area contributed by atoms with E-state index in [0.717, 1.165) is 25.3 Å². The van der Waals surface area contributed by atoms with Gasteiger partial charge in [-0.3, -0.25) is 0 Å². The normalized spacial score (nSPS) is 19.7. The number of hydrogen-bond acceptors (Lipinski definition) is 4. The Kier molecular flexibility index (Phi) is 4.57. The van der Waals surface area contributed by atoms with Gasteiger partial charge in [0.25, 0.3) is 0 Å². The molecule has 0 bridgehead atoms. The van der Waals surface area contributed by atoms with Crippen molar-refractivity contribution in [1.82, 2.24) is 15.3 Å². The smallest absolute Gasteiger partial charge is 0.134 e. The minimum Gasteiger partial charge on any atom is -0.355 e. The Bertz CT molecular complexity index is 315. The molecule has 1 atom stereocenters. The number of halogens is 2. The summed E-state index contributed by atoms with van der Waals surface area (Å²) in [5.74, 6) is 0.888. The van der Waals surface area contributed by atoms with Crippen LogP contribution < -0.4 is 10.2 Å². The lowest BCUT2D eigenvalue weighted by Gasteiger charge is -2.24. The summed E-state index contributed by atoms with van der Waals surface area (Å²) >= 11 is 5.80. The first-order chi connectivity index (χ1) is 6.77. The molecule has 0 amide bonds. The number of aromatic nitrogens is 2. The van der Waals surface area contributed by atoms with Crippen LogP contribution in [0.3, 0.4) is 0 Å². The Hall–Kier alpha value is -0.580. The highest BCUT2D eigenvalue weighted by Gasteiger charge is 2.20. The molecule has 0 unspecified atom stereocenters. The van der Waals surface area contributed by atoms with Gasteiger partial charge in [-0.1, -0.05) is 11.6 Å². The lowest BCUT2D eigenvalue weighted by atomic mass is 10.2. The third kappa shape index (κ3) is 2.93. The molecule has 15 heavy (non-hydrogen) atoms. The third-order valence-corrected chi connectivity index (χ3v) is 2.77. The van der Waals surface area contributed by atoms with E-state index in [9.17, 15) is 0 Å². The zero-order valence-corrected chi connectivity index (χ0v) is 10.1. The molecule has 1 saturated heterocycles. The van der Waals surface area contributed by atoms with Crippen molar-refractivity contribution in [2.24, 2.45) is 0 Å². The molecule has 1 aliphatic rings. The number of rotatable bonds is 2. The maximum Gasteiger partial charge on any atom is 0.134 e. The molecule has 0 aliphatic carbocycles. The zero-order chi connectivity index (χ0) is 9.97. The second-order valence-electron chi connectivity index (χ2n) is 3.46. The second-order valence-corrected chi connectivity index (χ2v) is 3.84. The van der Waals surface area contributed by atoms with Gasteiger partial charge in [0.15, 0.2) is 0 Å². The van der Waals surface area contributed by atoms with E-state index in [2.05, 4.69) is 20.2 Å². The van der Waals surface area contributed by atoms with Gasteiger partial charge in [-0.15, -0.1) is 12.4 Å². The predicted molar refractivity (Wildman–Crippen MR) is 64.0 cm³/mol. The molecule has 1 N–H and O–H groups in total. The average molecular weight is 249 g/mol. The molecule has 1 aromatic rings. The molecule has 0 spiro atoms. The van der Waals surface area contributed by atoms with Crippen molar-refractivity contribution in [3.8, 4) is 0 Å². The van der Waals surface area contributed by atoms with Crippen molar-refractivity contribution >= 4 is 29.8 Å². The Morgan fingerprint density at radius 3 is 2.93 bits per heavy atom. The number of anilines is 1. The first-order valence-corrected chi connectivity index (χ1v) is 5.06. The van der Waals surface area contributed by atoms with Crippen LogP contribution in [0.4, 0.5) is 5.82 Å². The lowest BCUT2D eigenvalue weighted by Crippen LogP contribution is -2.33. The molecule has 1 fully saturated rings. The van der Waals surface area contributed by atoms with Crippen molar-refractivity contribution in [2.75, 3.05) is 25.0 Å². The summed E-state index contributed by atoms with van der Waals surface area (Å²) in [7, 11) is 2.04. The van der Waals surface area contributed by atoms with E-state index in [4.69, 9.17) is 11.6 Å². The summed E-state index contributed by atoms with van der Waals surface area (Å²) in [5, 5.41) is 3.81. The fourth-order valence-corrected chi connectivity index (χ4v) is 1.82. The van der Waals surface area contributed by atoms with E-state index in [1.54, 1.807) is 6.07 Å². The van der Waals surface area contributed by atoms with E-state index in [-0.39, 0.29) is 12.4 Å². The van der Waals surface area contributed by atoms with Crippen molar-refractivity contribution < 1.29 is 0 Å². The minimum atomic E-state index is 0. The van der Waals surface area contributed by atoms with Gasteiger partial charge < -0.3 is 10.2 Å². The van der Waals surface area contributed by atoms with Crippen LogP contribution in [0.5, 0.6) is 0 Å². The van der Waals surface area contributed by atoms with Crippen molar-refractivity contribution in [1.29, 1.82) is 0 Å². The number of nitrogens with zero attached hydrogens (tertiary/aromatic N) is 3. The average Bonchev–Trinajstić information content (AvgIpc) is 2.69. The quantitative estimate of drug-likeness (QED) is 0.803. The van der Waals surface area contributed by atoms with Gasteiger partial charge in [0, 0.05) is 25.7 Å². The Labute approximate surface area is 100 Å². The molecular formula is C9H14Cl2N4. The Morgan fingerprint density at radius 2 is 2.33 bits per heavy atom. The molecule has 4 nitrogen and oxygen atoms in total. The monoisotopic (exact) mass is 248 g/mol. The summed E-state index contributed by atoms with van der Waals surface area (Å²) in [5.41, 5.74) is 0. The Balaban J connectivity index is 0.00000112. The van der Waals surface area contributed by atoms with Gasteiger partial charge in [-0.25, -0.2) is 9.97 Å². The first-order valence-electron chi connectivity index (χ1n) is 4.68. The van der Waals surface area contributed by atoms with Gasteiger partial charge in [0.05, 0.1) is 0 Å². The highest BCUT2D eigenvalue weighted by atomic mass is 35.5. The van der Waals surface area contributed by atoms with Gasteiger partial charge in [-0.05, 0) is 13.0 Å². The van der Waals surface area contributed by atoms with Crippen LogP contribution >= 0.6 is 24.0 Å². The van der Waals surface area contributed by atoms with E-state index >= 15 is 0 Å². The van der Waals surface area contributed by atoms with Gasteiger partial charge in [0.2, 0.25) is 0 Å². The molecular weight excluding hydrogens is 235 g/mol. The van der Waals surface area contributed by atoms with Crippen LogP contribution in [0.15, 0.2) is 12.4 Å². The summed E-state index contributed by atoms with van der Waals surface area (Å²) in [4.78, 5) is 10.2. The predicted octanol–water partition coefficient (Wildman–Crippen LogP) is 1.35. The van der Waals surface area contributed by atoms with E-state index in [1.807, 2.05) is 7.05 Å². The van der Waals surface area contributed by atoms with E-state index in [0.29, 0.717) is 11.2 Å². The molecule has 0 radical (unpaired) electrons. The first kappa shape index (κ1) is 12.5. The standard InChI is InChI=1S/C9H13ClN4.ClH/c1-14(7-2-3-11-5-7)9-4-8(10)12-6-13-9;/h4,6-7,11H,2-3,5H2,1H3;1H/t7-;/m0./s1. The highest BCUT2D eigenvalue weighted by Crippen LogP contribution is 2.17. The topological polar surface area (TPSA) is 41.1 Å². The summed E-state index contributed by atoms with van der Waals surface area (Å²) < 4.78 is 0. The van der Waals surface area contributed by atoms with Crippen molar-refractivity contribution in [3.05, 3.63) is 17.5 Å². The molecule has 1 aromatic heterocycles. The number of hydrogen-bond donors (Lipinski definition) is 1. The van der Waals surface area contributed by atoms with Crippen LogP contribution in [0, 0.1) is 0 Å². The molecule has 0 saturated carbocycles. The minimum absolute atomic E-state index is 0. The second kappa shape index (κ2) is 5.49. The van der Waals surface area contributed by atoms with Crippen LogP contribution in [0.1, 0.15) is 6.42 Å². The number of likely N-dealkylation sites (N-methyl/N-ethyl adjacent to an activating group) is 1. The molecule has 84 valence electrons. The Morgan fingerprint density at radius 1 is 1.53 bits per heavy atom. The molecule has 2 heterocycles. The van der Waals surface area contributed by atoms with Crippen LogP contribution in [-0.2, 0) is 0 Å². The molecule has 0 aromatic carbocycles. The fourth-order valence-electron chi connectivity index (χ4n) is 1.67. The summed E-state index contributed by atoms with van der Waals surface area (Å²) in [6.07, 6.45) is 2.65. The van der Waals surface area contributed by atoms with Crippen LogP contribution in [0.2, 0.25) is 5.15 Å². The summed E-state index contributed by atoms with van der Waals surface area (Å²) in [6, 6.07) is 2.31. The third-order valence-electron chi connectivity index (χ3n) is 2.56. The maximum atomic E-state index is 5.80. The van der Waals surface area contributed by atoms with E-state index in [1.165, 1.54) is 6.33 Å². The van der Waals surface area contributed by atoms with Crippen molar-refractivity contribution in [2.45, 2.75) is 12.5 Å². The maximum absolute atomic E-state index is 5.80. The SMILES string of the molecule is CN(c1cc(Cl)ncn1)[C@H]1CCNC1.Cl. The molecule has 6 heteroatoms. The fraction of sp³-hybridized carbons (Fsp3) is 0.556. The highest BCUT2D eigenvalue weighted by molar-refractivity contribution is 6.29. The van der Waals surface area contributed by atoms with Gasteiger partial charge in [-0.2, -0.15) is 0 Å². The van der Waals surface area contributed by atoms with Crippen LogP contribution in [0.25, 0.3) is 0 Å². The lowest BCUT2D eigenvalue weighted by molar-refractivity contribution is 0.677. The van der Waals surface area contributed by atoms with Gasteiger partial charge in [0.1, 0.15) is 17.3 Å². The number of nitrogens with one attached hydrogen (secondary N) is 1. The van der Waals surface area contributed by atoms with E-state index < -0.39 is 0 Å². The van der Waals surface area contributed by atoms with Crippen molar-refractivity contribution in [3.63, 3.8) is 0 Å². The van der Waals surface area contributed by atoms with Crippen LogP contribution in [-0.4, -0.2) is 36.1 Å². The molecule has 1 aliphatic heterocycles. The largest absolute Gasteiger partial charge is 0.355 e. The zero-order valence-electron chi connectivity index (χ0n) is 8.48. The van der Waals surface area contributed by atoms with Gasteiger partial charge >= 0.3 is 0 Å². The molecule has 2 rings (SSSR count).